The van der Waals surface area contributed by atoms with Crippen LogP contribution in [-0.2, 0) is 0 Å². The minimum Gasteiger partial charge on any atom is -0.493 e. The van der Waals surface area contributed by atoms with Gasteiger partial charge in [-0.2, -0.15) is 5.10 Å². The molecule has 24 heavy (non-hydrogen) atoms. The molecule has 0 bridgehead atoms. The number of benzene rings is 2. The predicted octanol–water partition coefficient (Wildman–Crippen LogP) is 4.30. The molecule has 5 heteroatoms. The molecule has 0 spiro atoms. The summed E-state index contributed by atoms with van der Waals surface area (Å²) in [7, 11) is 3.31. The Morgan fingerprint density at radius 1 is 1.04 bits per heavy atom. The summed E-state index contributed by atoms with van der Waals surface area (Å²) in [6.45, 7) is 2.18. The van der Waals surface area contributed by atoms with E-state index >= 15 is 0 Å². The Hall–Kier alpha value is -2.95. The number of methoxy groups -OCH3 is 2. The first-order valence-electron chi connectivity index (χ1n) is 7.89. The van der Waals surface area contributed by atoms with Crippen LogP contribution in [-0.4, -0.2) is 24.4 Å². The van der Waals surface area contributed by atoms with Crippen LogP contribution in [0.25, 0.3) is 11.3 Å². The number of H-pyrrole nitrogens is 1. The monoisotopic (exact) mass is 321 g/mol. The third-order valence-electron chi connectivity index (χ3n) is 4.57. The molecule has 122 valence electrons. The number of aromatic nitrogens is 2. The third kappa shape index (κ3) is 2.12. The minimum atomic E-state index is 0.222. The highest BCUT2D eigenvalue weighted by Gasteiger charge is 2.32. The molecule has 0 aliphatic heterocycles. The van der Waals surface area contributed by atoms with E-state index in [9.17, 15) is 0 Å². The topological polar surface area (TPSA) is 59.2 Å². The fourth-order valence-electron chi connectivity index (χ4n) is 3.36. The molecule has 0 saturated heterocycles. The summed E-state index contributed by atoms with van der Waals surface area (Å²) in [6.07, 6.45) is 0. The summed E-state index contributed by atoms with van der Waals surface area (Å²) in [5, 5.41) is 11.0. The smallest absolute Gasteiger partial charge is 0.161 e. The van der Waals surface area contributed by atoms with Crippen LogP contribution < -0.4 is 14.8 Å². The van der Waals surface area contributed by atoms with E-state index in [0.717, 1.165) is 34.3 Å². The SMILES string of the molecule is COc1cc2c(cc1OC)C(C)c1c(Nc3ccccc3)n[nH]c1-2. The van der Waals surface area contributed by atoms with Crippen molar-refractivity contribution in [2.24, 2.45) is 0 Å². The molecule has 1 aliphatic rings. The Morgan fingerprint density at radius 2 is 1.75 bits per heavy atom. The van der Waals surface area contributed by atoms with Gasteiger partial charge >= 0.3 is 0 Å². The Balaban J connectivity index is 1.78. The molecule has 2 aromatic carbocycles. The van der Waals surface area contributed by atoms with Crippen molar-refractivity contribution in [2.75, 3.05) is 19.5 Å². The van der Waals surface area contributed by atoms with Crippen LogP contribution in [0.1, 0.15) is 24.0 Å². The van der Waals surface area contributed by atoms with Crippen LogP contribution in [0, 0.1) is 0 Å². The van der Waals surface area contributed by atoms with Gasteiger partial charge in [0, 0.05) is 22.7 Å². The van der Waals surface area contributed by atoms with Crippen molar-refractivity contribution in [1.82, 2.24) is 10.2 Å². The van der Waals surface area contributed by atoms with Crippen LogP contribution >= 0.6 is 0 Å². The first-order valence-corrected chi connectivity index (χ1v) is 7.89. The maximum absolute atomic E-state index is 5.44. The Morgan fingerprint density at radius 3 is 2.46 bits per heavy atom. The van der Waals surface area contributed by atoms with E-state index in [4.69, 9.17) is 9.47 Å². The van der Waals surface area contributed by atoms with Gasteiger partial charge in [-0.05, 0) is 29.8 Å². The molecule has 1 aromatic heterocycles. The van der Waals surface area contributed by atoms with Crippen LogP contribution in [0.15, 0.2) is 42.5 Å². The van der Waals surface area contributed by atoms with Gasteiger partial charge in [-0.3, -0.25) is 5.10 Å². The van der Waals surface area contributed by atoms with Gasteiger partial charge in [0.15, 0.2) is 17.3 Å². The molecule has 1 atom stereocenters. The molecule has 1 aliphatic carbocycles. The van der Waals surface area contributed by atoms with E-state index in [1.807, 2.05) is 36.4 Å². The number of ether oxygens (including phenoxy) is 2. The molecule has 5 nitrogen and oxygen atoms in total. The lowest BCUT2D eigenvalue weighted by Crippen LogP contribution is -1.98. The molecule has 3 aromatic rings. The lowest BCUT2D eigenvalue weighted by molar-refractivity contribution is 0.354. The molecule has 0 saturated carbocycles. The molecule has 0 fully saturated rings. The summed E-state index contributed by atoms with van der Waals surface area (Å²) in [4.78, 5) is 0. The van der Waals surface area contributed by atoms with Crippen molar-refractivity contribution in [2.45, 2.75) is 12.8 Å². The zero-order chi connectivity index (χ0) is 16.7. The number of para-hydroxylation sites is 1. The summed E-state index contributed by atoms with van der Waals surface area (Å²) in [5.41, 5.74) is 5.56. The number of hydrogen-bond acceptors (Lipinski definition) is 4. The van der Waals surface area contributed by atoms with E-state index in [1.165, 1.54) is 11.1 Å². The van der Waals surface area contributed by atoms with Crippen molar-refractivity contribution in [3.8, 4) is 22.8 Å². The van der Waals surface area contributed by atoms with Crippen LogP contribution in [0.2, 0.25) is 0 Å². The maximum Gasteiger partial charge on any atom is 0.161 e. The van der Waals surface area contributed by atoms with Crippen LogP contribution in [0.3, 0.4) is 0 Å². The van der Waals surface area contributed by atoms with E-state index in [2.05, 4.69) is 28.5 Å². The first-order chi connectivity index (χ1) is 11.7. The number of hydrogen-bond donors (Lipinski definition) is 2. The van der Waals surface area contributed by atoms with Gasteiger partial charge < -0.3 is 14.8 Å². The van der Waals surface area contributed by atoms with Gasteiger partial charge in [0.1, 0.15) is 0 Å². The van der Waals surface area contributed by atoms with Crippen molar-refractivity contribution in [3.63, 3.8) is 0 Å². The standard InChI is InChI=1S/C19H19N3O2/c1-11-13-9-15(23-2)16(24-3)10-14(13)18-17(11)19(22-21-18)20-12-7-5-4-6-8-12/h4-11H,1-3H3,(H2,20,21,22). The Labute approximate surface area is 140 Å². The van der Waals surface area contributed by atoms with Gasteiger partial charge in [-0.15, -0.1) is 0 Å². The number of fused-ring (bicyclic) bond motifs is 3. The van der Waals surface area contributed by atoms with Gasteiger partial charge in [0.2, 0.25) is 0 Å². The van der Waals surface area contributed by atoms with E-state index in [1.54, 1.807) is 14.2 Å². The predicted molar refractivity (Wildman–Crippen MR) is 94.4 cm³/mol. The van der Waals surface area contributed by atoms with Crippen molar-refractivity contribution in [3.05, 3.63) is 53.6 Å². The number of aromatic amines is 1. The zero-order valence-corrected chi connectivity index (χ0v) is 13.9. The number of rotatable bonds is 4. The minimum absolute atomic E-state index is 0.222. The maximum atomic E-state index is 5.44. The third-order valence-corrected chi connectivity index (χ3v) is 4.57. The first kappa shape index (κ1) is 14.6. The van der Waals surface area contributed by atoms with Gasteiger partial charge in [-0.25, -0.2) is 0 Å². The quantitative estimate of drug-likeness (QED) is 0.752. The summed E-state index contributed by atoms with van der Waals surface area (Å²) in [5.74, 6) is 2.56. The van der Waals surface area contributed by atoms with Gasteiger partial charge in [-0.1, -0.05) is 25.1 Å². The molecule has 1 heterocycles. The number of nitrogens with zero attached hydrogens (tertiary/aromatic N) is 1. The van der Waals surface area contributed by atoms with Crippen molar-refractivity contribution in [1.29, 1.82) is 0 Å². The lowest BCUT2D eigenvalue weighted by atomic mass is 9.99. The van der Waals surface area contributed by atoms with Gasteiger partial charge in [0.25, 0.3) is 0 Å². The molecule has 1 unspecified atom stereocenters. The molecule has 0 amide bonds. The van der Waals surface area contributed by atoms with E-state index in [-0.39, 0.29) is 5.92 Å². The highest BCUT2D eigenvalue weighted by atomic mass is 16.5. The number of nitrogens with one attached hydrogen (secondary N) is 2. The Kier molecular flexibility index (Phi) is 3.41. The Bertz CT molecular complexity index is 887. The average Bonchev–Trinajstić information content (AvgIpc) is 3.15. The molecule has 2 N–H and O–H groups in total. The average molecular weight is 321 g/mol. The normalized spacial score (nSPS) is 14.9. The van der Waals surface area contributed by atoms with Crippen molar-refractivity contribution >= 4 is 11.5 Å². The lowest BCUT2D eigenvalue weighted by Gasteiger charge is -2.13. The largest absolute Gasteiger partial charge is 0.493 e. The molecule has 4 rings (SSSR count). The highest BCUT2D eigenvalue weighted by Crippen LogP contribution is 2.50. The summed E-state index contributed by atoms with van der Waals surface area (Å²) in [6, 6.07) is 14.1. The van der Waals surface area contributed by atoms with E-state index in [0.29, 0.717) is 0 Å². The van der Waals surface area contributed by atoms with Crippen LogP contribution in [0.5, 0.6) is 11.5 Å². The fourth-order valence-corrected chi connectivity index (χ4v) is 3.36. The second kappa shape index (κ2) is 5.60. The molecule has 0 radical (unpaired) electrons. The zero-order valence-electron chi connectivity index (χ0n) is 13.9. The summed E-state index contributed by atoms with van der Waals surface area (Å²) >= 11 is 0. The van der Waals surface area contributed by atoms with Gasteiger partial charge in [0.05, 0.1) is 19.9 Å². The number of anilines is 2. The summed E-state index contributed by atoms with van der Waals surface area (Å²) < 4.78 is 10.9. The van der Waals surface area contributed by atoms with Crippen molar-refractivity contribution < 1.29 is 9.47 Å². The fraction of sp³-hybridized carbons (Fsp3) is 0.211. The molecular weight excluding hydrogens is 302 g/mol. The highest BCUT2D eigenvalue weighted by molar-refractivity contribution is 5.83. The second-order valence-electron chi connectivity index (χ2n) is 5.87. The molecular formula is C19H19N3O2. The van der Waals surface area contributed by atoms with E-state index < -0.39 is 0 Å². The second-order valence-corrected chi connectivity index (χ2v) is 5.87. The van der Waals surface area contributed by atoms with Crippen LogP contribution in [0.4, 0.5) is 11.5 Å².